The standard InChI is InChI=1S/C83H52N2O2S/c1-5-23-55(24-6-1)81-76-69-34-14-18-40-72(69)83(78(76)82(88-81)56-25-7-2-8-26-56)71-39-17-13-31-64(71)70-51-61(84(57-27-9-3-10-28-57)59-47-43-53(44-48-59)62-35-21-37-67-65-32-15-19-41-74(65)86-79(62)67)52-73(77(70)83)85(58-29-11-4-12-30-58)60-49-45-54(46-50-60)63-36-22-38-68-66-33-16-20-42-75(66)87-80(63)68/h1-52H. The SMILES string of the molecule is c1ccc(-c2sc(-c3ccccc3)c3c2-c2ccccc2C32c3ccccc3-c3cc(N(c4ccccc4)c4ccc(-c5cccc6c5oc5ccccc56)cc4)cc(N(c4ccccc4)c4ccc(-c5cccc6c5oc5ccccc56)cc4)c32)cc1. The second kappa shape index (κ2) is 19.9. The van der Waals surface area contributed by atoms with Gasteiger partial charge >= 0.3 is 0 Å². The van der Waals surface area contributed by atoms with E-state index in [4.69, 9.17) is 8.83 Å². The first kappa shape index (κ1) is 50.1. The van der Waals surface area contributed by atoms with Crippen LogP contribution in [0.4, 0.5) is 34.1 Å². The van der Waals surface area contributed by atoms with Crippen LogP contribution in [0.15, 0.2) is 324 Å². The Bertz CT molecular complexity index is 5380. The van der Waals surface area contributed by atoms with Crippen LogP contribution in [0.1, 0.15) is 22.3 Å². The van der Waals surface area contributed by atoms with Crippen LogP contribution < -0.4 is 9.80 Å². The quantitative estimate of drug-likeness (QED) is 0.137. The van der Waals surface area contributed by atoms with Gasteiger partial charge in [-0.25, -0.2) is 0 Å². The highest BCUT2D eigenvalue weighted by Crippen LogP contribution is 2.70. The Balaban J connectivity index is 0.923. The van der Waals surface area contributed by atoms with E-state index in [2.05, 4.69) is 313 Å². The molecule has 13 aromatic carbocycles. The van der Waals surface area contributed by atoms with Gasteiger partial charge in [0.2, 0.25) is 0 Å². The van der Waals surface area contributed by atoms with Gasteiger partial charge in [-0.2, -0.15) is 0 Å². The maximum Gasteiger partial charge on any atom is 0.143 e. The molecule has 1 spiro atoms. The first-order chi connectivity index (χ1) is 43.7. The van der Waals surface area contributed by atoms with Gasteiger partial charge in [0, 0.05) is 82.0 Å². The maximum absolute atomic E-state index is 6.67. The molecule has 0 N–H and O–H groups in total. The van der Waals surface area contributed by atoms with Crippen molar-refractivity contribution in [1.82, 2.24) is 0 Å². The summed E-state index contributed by atoms with van der Waals surface area (Å²) in [6, 6.07) is 115. The maximum atomic E-state index is 6.67. The van der Waals surface area contributed by atoms with Gasteiger partial charge in [-0.15, -0.1) is 11.3 Å². The third-order valence-electron chi connectivity index (χ3n) is 18.3. The molecule has 4 nitrogen and oxygen atoms in total. The largest absolute Gasteiger partial charge is 0.455 e. The van der Waals surface area contributed by atoms with E-state index in [0.29, 0.717) is 0 Å². The van der Waals surface area contributed by atoms with Crippen LogP contribution in [-0.2, 0) is 5.41 Å². The van der Waals surface area contributed by atoms with E-state index in [0.717, 1.165) is 100 Å². The third-order valence-corrected chi connectivity index (χ3v) is 19.6. The molecule has 2 aliphatic carbocycles. The molecule has 1 unspecified atom stereocenters. The molecular formula is C83H52N2O2S. The van der Waals surface area contributed by atoms with Crippen LogP contribution in [0, 0.1) is 0 Å². The van der Waals surface area contributed by atoms with E-state index in [1.54, 1.807) is 0 Å². The molecule has 2 aliphatic rings. The molecule has 0 bridgehead atoms. The Morgan fingerprint density at radius 3 is 1.26 bits per heavy atom. The average Bonchev–Trinajstić information content (AvgIpc) is 2.19. The van der Waals surface area contributed by atoms with Gasteiger partial charge in [0.15, 0.2) is 0 Å². The van der Waals surface area contributed by atoms with Crippen molar-refractivity contribution < 1.29 is 8.83 Å². The van der Waals surface area contributed by atoms with Crippen LogP contribution in [0.5, 0.6) is 0 Å². The van der Waals surface area contributed by atoms with Crippen LogP contribution in [-0.4, -0.2) is 0 Å². The summed E-state index contributed by atoms with van der Waals surface area (Å²) in [5.41, 5.74) is 25.7. The number of anilines is 6. The number of hydrogen-bond donors (Lipinski definition) is 0. The van der Waals surface area contributed by atoms with Crippen molar-refractivity contribution in [3.05, 3.63) is 338 Å². The molecule has 1 atom stereocenters. The number of furan rings is 2. The molecule has 3 aromatic heterocycles. The van der Waals surface area contributed by atoms with Crippen molar-refractivity contribution in [2.24, 2.45) is 0 Å². The van der Waals surface area contributed by atoms with Crippen molar-refractivity contribution in [3.8, 4) is 65.4 Å². The highest BCUT2D eigenvalue weighted by atomic mass is 32.1. The smallest absolute Gasteiger partial charge is 0.143 e. The summed E-state index contributed by atoms with van der Waals surface area (Å²) in [4.78, 5) is 7.50. The zero-order chi connectivity index (χ0) is 57.9. The van der Waals surface area contributed by atoms with Crippen molar-refractivity contribution in [2.75, 3.05) is 9.80 Å². The van der Waals surface area contributed by atoms with Crippen molar-refractivity contribution in [1.29, 1.82) is 0 Å². The summed E-state index contributed by atoms with van der Waals surface area (Å²) in [5.74, 6) is 0. The minimum atomic E-state index is -0.777. The monoisotopic (exact) mass is 1140 g/mol. The number of rotatable bonds is 10. The van der Waals surface area contributed by atoms with Gasteiger partial charge in [0.25, 0.3) is 0 Å². The van der Waals surface area contributed by atoms with E-state index < -0.39 is 5.41 Å². The number of nitrogens with zero attached hydrogens (tertiary/aromatic N) is 2. The Hall–Kier alpha value is -11.2. The predicted octanol–water partition coefficient (Wildman–Crippen LogP) is 23.5. The lowest BCUT2D eigenvalue weighted by Crippen LogP contribution is -2.29. The molecule has 0 saturated carbocycles. The van der Waals surface area contributed by atoms with Gasteiger partial charge in [0.05, 0.1) is 11.1 Å². The first-order valence-corrected chi connectivity index (χ1v) is 30.9. The molecule has 18 rings (SSSR count). The first-order valence-electron chi connectivity index (χ1n) is 30.1. The molecular weight excluding hydrogens is 1090 g/mol. The minimum Gasteiger partial charge on any atom is -0.455 e. The molecule has 0 fully saturated rings. The van der Waals surface area contributed by atoms with Gasteiger partial charge in [0.1, 0.15) is 22.3 Å². The van der Waals surface area contributed by atoms with E-state index in [9.17, 15) is 0 Å². The van der Waals surface area contributed by atoms with Crippen LogP contribution in [0.3, 0.4) is 0 Å². The number of thiophene rings is 1. The van der Waals surface area contributed by atoms with Crippen molar-refractivity contribution >= 4 is 89.3 Å². The second-order valence-electron chi connectivity index (χ2n) is 23.0. The van der Waals surface area contributed by atoms with Crippen molar-refractivity contribution in [2.45, 2.75) is 5.41 Å². The van der Waals surface area contributed by atoms with E-state index in [-0.39, 0.29) is 0 Å². The summed E-state index contributed by atoms with van der Waals surface area (Å²) in [6.07, 6.45) is 0. The number of benzene rings is 13. The van der Waals surface area contributed by atoms with Crippen LogP contribution >= 0.6 is 11.3 Å². The molecule has 0 amide bonds. The van der Waals surface area contributed by atoms with Gasteiger partial charge < -0.3 is 18.6 Å². The predicted molar refractivity (Wildman–Crippen MR) is 366 cm³/mol. The molecule has 3 heterocycles. The third kappa shape index (κ3) is 7.51. The highest BCUT2D eigenvalue weighted by molar-refractivity contribution is 7.19. The summed E-state index contributed by atoms with van der Waals surface area (Å²) in [5, 5.41) is 4.45. The Labute approximate surface area is 513 Å². The number of fused-ring (bicyclic) bond motifs is 16. The molecule has 412 valence electrons. The topological polar surface area (TPSA) is 32.8 Å². The highest BCUT2D eigenvalue weighted by Gasteiger charge is 2.56. The van der Waals surface area contributed by atoms with Gasteiger partial charge in [-0.1, -0.05) is 243 Å². The lowest BCUT2D eigenvalue weighted by molar-refractivity contribution is 0.669. The lowest BCUT2D eigenvalue weighted by Gasteiger charge is -2.37. The molecule has 16 aromatic rings. The Kier molecular flexibility index (Phi) is 11.4. The van der Waals surface area contributed by atoms with Gasteiger partial charge in [-0.05, 0) is 128 Å². The van der Waals surface area contributed by atoms with Crippen LogP contribution in [0.25, 0.3) is 109 Å². The minimum absolute atomic E-state index is 0.777. The Morgan fingerprint density at radius 2 is 0.693 bits per heavy atom. The molecule has 88 heavy (non-hydrogen) atoms. The molecule has 0 radical (unpaired) electrons. The molecule has 5 heteroatoms. The summed E-state index contributed by atoms with van der Waals surface area (Å²) in [7, 11) is 0. The summed E-state index contributed by atoms with van der Waals surface area (Å²) >= 11 is 1.92. The fourth-order valence-corrected chi connectivity index (χ4v) is 16.0. The Morgan fingerprint density at radius 1 is 0.273 bits per heavy atom. The van der Waals surface area contributed by atoms with Crippen LogP contribution in [0.2, 0.25) is 0 Å². The fraction of sp³-hybridized carbons (Fsp3) is 0.0120. The zero-order valence-corrected chi connectivity index (χ0v) is 48.5. The summed E-state index contributed by atoms with van der Waals surface area (Å²) in [6.45, 7) is 0. The number of hydrogen-bond acceptors (Lipinski definition) is 5. The molecule has 0 saturated heterocycles. The zero-order valence-electron chi connectivity index (χ0n) is 47.6. The normalized spacial score (nSPS) is 13.7. The van der Waals surface area contributed by atoms with Crippen molar-refractivity contribution in [3.63, 3.8) is 0 Å². The average molecular weight is 1140 g/mol. The van der Waals surface area contributed by atoms with E-state index in [1.807, 2.05) is 23.5 Å². The second-order valence-corrected chi connectivity index (χ2v) is 24.0. The number of para-hydroxylation sites is 6. The lowest BCUT2D eigenvalue weighted by atomic mass is 9.69. The summed E-state index contributed by atoms with van der Waals surface area (Å²) < 4.78 is 13.3. The van der Waals surface area contributed by atoms with Gasteiger partial charge in [-0.3, -0.25) is 0 Å². The van der Waals surface area contributed by atoms with E-state index in [1.165, 1.54) is 65.4 Å². The fourth-order valence-electron chi connectivity index (χ4n) is 14.6. The molecule has 0 aliphatic heterocycles. The van der Waals surface area contributed by atoms with E-state index >= 15 is 0 Å².